The second-order valence-corrected chi connectivity index (χ2v) is 7.41. The van der Waals surface area contributed by atoms with Gasteiger partial charge >= 0.3 is 0 Å². The number of hydrogen-bond acceptors (Lipinski definition) is 6. The molecule has 0 bridgehead atoms. The summed E-state index contributed by atoms with van der Waals surface area (Å²) < 4.78 is 33.3. The van der Waals surface area contributed by atoms with Crippen LogP contribution in [0.2, 0.25) is 0 Å². The van der Waals surface area contributed by atoms with Crippen molar-refractivity contribution in [1.29, 1.82) is 0 Å². The van der Waals surface area contributed by atoms with Crippen LogP contribution in [-0.2, 0) is 21.4 Å². The smallest absolute Gasteiger partial charge is 0.242 e. The highest BCUT2D eigenvalue weighted by atomic mass is 32.2. The molecule has 1 atom stereocenters. The molecular formula is C17H19N3O5S. The molecule has 0 unspecified atom stereocenters. The number of rotatable bonds is 6. The highest BCUT2D eigenvalue weighted by Gasteiger charge is 2.16. The van der Waals surface area contributed by atoms with Crippen molar-refractivity contribution in [1.82, 2.24) is 5.32 Å². The van der Waals surface area contributed by atoms with E-state index in [4.69, 9.17) is 14.6 Å². The van der Waals surface area contributed by atoms with Crippen LogP contribution in [0.5, 0.6) is 11.5 Å². The Bertz CT molecular complexity index is 930. The molecule has 1 aliphatic heterocycles. The van der Waals surface area contributed by atoms with E-state index in [0.29, 0.717) is 23.7 Å². The molecule has 1 aliphatic rings. The van der Waals surface area contributed by atoms with Crippen LogP contribution in [0.4, 0.5) is 5.69 Å². The molecule has 0 fully saturated rings. The molecule has 26 heavy (non-hydrogen) atoms. The Hall–Kier alpha value is -2.78. The van der Waals surface area contributed by atoms with Gasteiger partial charge in [-0.1, -0.05) is 12.1 Å². The van der Waals surface area contributed by atoms with E-state index in [1.54, 1.807) is 25.1 Å². The van der Waals surface area contributed by atoms with E-state index in [0.717, 1.165) is 5.56 Å². The Morgan fingerprint density at radius 2 is 1.96 bits per heavy atom. The minimum absolute atomic E-state index is 0.0181. The average Bonchev–Trinajstić information content (AvgIpc) is 3.06. The molecule has 2 aromatic rings. The van der Waals surface area contributed by atoms with E-state index in [-0.39, 0.29) is 17.6 Å². The molecule has 2 aromatic carbocycles. The summed E-state index contributed by atoms with van der Waals surface area (Å²) in [6.45, 7) is 2.21. The maximum atomic E-state index is 12.3. The minimum Gasteiger partial charge on any atom is -0.454 e. The van der Waals surface area contributed by atoms with Gasteiger partial charge in [0.1, 0.15) is 6.04 Å². The quantitative estimate of drug-likeness (QED) is 0.695. The van der Waals surface area contributed by atoms with Gasteiger partial charge in [0.15, 0.2) is 11.5 Å². The summed E-state index contributed by atoms with van der Waals surface area (Å²) in [5, 5.41) is 10.9. The SMILES string of the molecule is C[C@@H](Nc1cccc(S(N)(=O)=O)c1)C(=O)NCc1ccc2c(c1)OCO2. The summed E-state index contributed by atoms with van der Waals surface area (Å²) in [5.74, 6) is 1.11. The number of primary sulfonamides is 1. The number of hydrogen-bond donors (Lipinski definition) is 3. The van der Waals surface area contributed by atoms with Crippen LogP contribution in [0.1, 0.15) is 12.5 Å². The number of anilines is 1. The molecule has 9 heteroatoms. The first-order valence-corrected chi connectivity index (χ1v) is 9.43. The number of benzene rings is 2. The van der Waals surface area contributed by atoms with Crippen molar-refractivity contribution in [3.63, 3.8) is 0 Å². The number of fused-ring (bicyclic) bond motifs is 1. The van der Waals surface area contributed by atoms with Crippen molar-refractivity contribution in [3.8, 4) is 11.5 Å². The average molecular weight is 377 g/mol. The molecule has 0 spiro atoms. The zero-order chi connectivity index (χ0) is 18.7. The zero-order valence-corrected chi connectivity index (χ0v) is 14.9. The van der Waals surface area contributed by atoms with E-state index < -0.39 is 16.1 Å². The molecule has 0 saturated carbocycles. The lowest BCUT2D eigenvalue weighted by molar-refractivity contribution is -0.121. The fourth-order valence-corrected chi connectivity index (χ4v) is 3.03. The standard InChI is InChI=1S/C17H19N3O5S/c1-11(20-13-3-2-4-14(8-13)26(18,22)23)17(21)19-9-12-5-6-15-16(7-12)25-10-24-15/h2-8,11,20H,9-10H2,1H3,(H,19,21)(H2,18,22,23)/t11-/m1/s1. The van der Waals surface area contributed by atoms with Gasteiger partial charge in [0.25, 0.3) is 0 Å². The van der Waals surface area contributed by atoms with Gasteiger partial charge in [-0.15, -0.1) is 0 Å². The molecule has 0 radical (unpaired) electrons. The van der Waals surface area contributed by atoms with Gasteiger partial charge in [-0.2, -0.15) is 0 Å². The molecule has 0 aliphatic carbocycles. The van der Waals surface area contributed by atoms with Crippen LogP contribution in [0, 0.1) is 0 Å². The molecule has 1 heterocycles. The van der Waals surface area contributed by atoms with Gasteiger partial charge in [0, 0.05) is 12.2 Å². The van der Waals surface area contributed by atoms with Crippen molar-refractivity contribution in [2.75, 3.05) is 12.1 Å². The fraction of sp³-hybridized carbons (Fsp3) is 0.235. The topological polar surface area (TPSA) is 120 Å². The molecule has 0 aromatic heterocycles. The molecule has 8 nitrogen and oxygen atoms in total. The van der Waals surface area contributed by atoms with Crippen LogP contribution in [0.25, 0.3) is 0 Å². The first kappa shape index (κ1) is 18.0. The number of ether oxygens (including phenoxy) is 2. The lowest BCUT2D eigenvalue weighted by atomic mass is 10.2. The monoisotopic (exact) mass is 377 g/mol. The highest BCUT2D eigenvalue weighted by molar-refractivity contribution is 7.89. The Labute approximate surface area is 151 Å². The van der Waals surface area contributed by atoms with Gasteiger partial charge in [-0.25, -0.2) is 13.6 Å². The van der Waals surface area contributed by atoms with Gasteiger partial charge in [0.05, 0.1) is 4.90 Å². The Morgan fingerprint density at radius 3 is 2.73 bits per heavy atom. The third kappa shape index (κ3) is 4.24. The van der Waals surface area contributed by atoms with Gasteiger partial charge < -0.3 is 20.1 Å². The molecule has 3 rings (SSSR count). The molecule has 1 amide bonds. The number of nitrogens with one attached hydrogen (secondary N) is 2. The first-order valence-electron chi connectivity index (χ1n) is 7.88. The number of carbonyl (C=O) groups is 1. The lowest BCUT2D eigenvalue weighted by Crippen LogP contribution is -2.37. The minimum atomic E-state index is -3.80. The maximum Gasteiger partial charge on any atom is 0.242 e. The Balaban J connectivity index is 1.58. The van der Waals surface area contributed by atoms with Crippen LogP contribution < -0.4 is 25.2 Å². The number of nitrogens with two attached hydrogens (primary N) is 1. The second kappa shape index (κ2) is 7.22. The van der Waals surface area contributed by atoms with Gasteiger partial charge in [0.2, 0.25) is 22.7 Å². The third-order valence-electron chi connectivity index (χ3n) is 3.84. The third-order valence-corrected chi connectivity index (χ3v) is 4.75. The molecular weight excluding hydrogens is 358 g/mol. The van der Waals surface area contributed by atoms with Crippen molar-refractivity contribution in [2.45, 2.75) is 24.4 Å². The predicted molar refractivity (Wildman–Crippen MR) is 95.3 cm³/mol. The largest absolute Gasteiger partial charge is 0.454 e. The van der Waals surface area contributed by atoms with Crippen LogP contribution in [0.3, 0.4) is 0 Å². The van der Waals surface area contributed by atoms with E-state index in [9.17, 15) is 13.2 Å². The van der Waals surface area contributed by atoms with Crippen LogP contribution in [-0.4, -0.2) is 27.2 Å². The maximum absolute atomic E-state index is 12.3. The zero-order valence-electron chi connectivity index (χ0n) is 14.1. The predicted octanol–water partition coefficient (Wildman–Crippen LogP) is 1.18. The second-order valence-electron chi connectivity index (χ2n) is 5.84. The van der Waals surface area contributed by atoms with Crippen molar-refractivity contribution >= 4 is 21.6 Å². The fourth-order valence-electron chi connectivity index (χ4n) is 2.47. The van der Waals surface area contributed by atoms with Gasteiger partial charge in [-0.05, 0) is 42.8 Å². The van der Waals surface area contributed by atoms with Crippen molar-refractivity contribution < 1.29 is 22.7 Å². The first-order chi connectivity index (χ1) is 12.3. The summed E-state index contributed by atoms with van der Waals surface area (Å²) in [7, 11) is -3.80. The normalized spacial score (nSPS) is 13.9. The van der Waals surface area contributed by atoms with Gasteiger partial charge in [-0.3, -0.25) is 4.79 Å². The molecule has 4 N–H and O–H groups in total. The molecule has 0 saturated heterocycles. The molecule has 138 valence electrons. The van der Waals surface area contributed by atoms with Crippen molar-refractivity contribution in [3.05, 3.63) is 48.0 Å². The lowest BCUT2D eigenvalue weighted by Gasteiger charge is -2.16. The number of sulfonamides is 1. The van der Waals surface area contributed by atoms with E-state index in [1.165, 1.54) is 12.1 Å². The van der Waals surface area contributed by atoms with Crippen molar-refractivity contribution in [2.24, 2.45) is 5.14 Å². The van der Waals surface area contributed by atoms with E-state index in [1.807, 2.05) is 12.1 Å². The highest BCUT2D eigenvalue weighted by Crippen LogP contribution is 2.32. The van der Waals surface area contributed by atoms with Crippen LogP contribution >= 0.6 is 0 Å². The van der Waals surface area contributed by atoms with Crippen LogP contribution in [0.15, 0.2) is 47.4 Å². The summed E-state index contributed by atoms with van der Waals surface area (Å²) in [5.41, 5.74) is 1.37. The van der Waals surface area contributed by atoms with E-state index >= 15 is 0 Å². The Morgan fingerprint density at radius 1 is 1.19 bits per heavy atom. The summed E-state index contributed by atoms with van der Waals surface area (Å²) in [6, 6.07) is 10.9. The summed E-state index contributed by atoms with van der Waals surface area (Å²) >= 11 is 0. The summed E-state index contributed by atoms with van der Waals surface area (Å²) in [4.78, 5) is 12.2. The number of carbonyl (C=O) groups excluding carboxylic acids is 1. The Kier molecular flexibility index (Phi) is 5.01. The number of amides is 1. The summed E-state index contributed by atoms with van der Waals surface area (Å²) in [6.07, 6.45) is 0. The van der Waals surface area contributed by atoms with E-state index in [2.05, 4.69) is 10.6 Å².